The van der Waals surface area contributed by atoms with Crippen LogP contribution in [-0.4, -0.2) is 19.6 Å². The van der Waals surface area contributed by atoms with Gasteiger partial charge in [-0.25, -0.2) is 0 Å². The van der Waals surface area contributed by atoms with Gasteiger partial charge in [0.05, 0.1) is 0 Å². The van der Waals surface area contributed by atoms with Crippen LogP contribution in [0.5, 0.6) is 0 Å². The van der Waals surface area contributed by atoms with Gasteiger partial charge in [0.15, 0.2) is 0 Å². The summed E-state index contributed by atoms with van der Waals surface area (Å²) in [5, 5.41) is 1.33. The zero-order valence-electron chi connectivity index (χ0n) is 9.65. The van der Waals surface area contributed by atoms with Crippen molar-refractivity contribution in [1.82, 2.24) is 0 Å². The molecule has 0 aromatic heterocycles. The van der Waals surface area contributed by atoms with E-state index in [9.17, 15) is 0 Å². The van der Waals surface area contributed by atoms with Crippen molar-refractivity contribution in [3.8, 4) is 0 Å². The molecule has 0 saturated carbocycles. The molecule has 1 aliphatic rings. The van der Waals surface area contributed by atoms with E-state index in [0.29, 0.717) is 15.0 Å². The van der Waals surface area contributed by atoms with Crippen LogP contribution in [0.2, 0.25) is 5.32 Å². The predicted molar refractivity (Wildman–Crippen MR) is 71.1 cm³/mol. The van der Waals surface area contributed by atoms with Crippen molar-refractivity contribution in [2.45, 2.75) is 31.6 Å². The molecule has 1 aromatic rings. The van der Waals surface area contributed by atoms with Crippen LogP contribution in [0.4, 0.5) is 0 Å². The monoisotopic (exact) mass is 279 g/mol. The zero-order chi connectivity index (χ0) is 11.2. The summed E-state index contributed by atoms with van der Waals surface area (Å²) in [5.41, 5.74) is 2.88. The molecule has 2 rings (SSSR count). The van der Waals surface area contributed by atoms with Crippen molar-refractivity contribution in [3.63, 3.8) is 0 Å². The van der Waals surface area contributed by atoms with E-state index in [4.69, 9.17) is 4.99 Å². The predicted octanol–water partition coefficient (Wildman–Crippen LogP) is 3.45. The van der Waals surface area contributed by atoms with Crippen molar-refractivity contribution in [1.29, 1.82) is 0 Å². The molecule has 1 heterocycles. The molecule has 1 aromatic carbocycles. The number of hydrogen-bond acceptors (Lipinski definition) is 1. The number of aliphatic imine (C=N–C) groups is 1. The van der Waals surface area contributed by atoms with Gasteiger partial charge in [0.2, 0.25) is 0 Å². The van der Waals surface area contributed by atoms with Gasteiger partial charge in [-0.15, -0.1) is 0 Å². The minimum absolute atomic E-state index is 0.605. The molecule has 0 aliphatic carbocycles. The maximum atomic E-state index is 4.72. The van der Waals surface area contributed by atoms with Gasteiger partial charge < -0.3 is 0 Å². The van der Waals surface area contributed by atoms with Crippen LogP contribution in [0.25, 0.3) is 0 Å². The van der Waals surface area contributed by atoms with Crippen LogP contribution in [0.15, 0.2) is 47.0 Å². The number of nitrogens with zero attached hydrogens (tertiary/aromatic N) is 1. The van der Waals surface area contributed by atoms with Crippen molar-refractivity contribution in [2.75, 3.05) is 0 Å². The third kappa shape index (κ3) is 3.33. The number of rotatable bonds is 3. The topological polar surface area (TPSA) is 12.4 Å². The second-order valence-corrected chi connectivity index (χ2v) is 6.23. The van der Waals surface area contributed by atoms with Crippen LogP contribution in [0.1, 0.15) is 25.3 Å². The van der Waals surface area contributed by atoms with Crippen LogP contribution in [0.3, 0.4) is 0 Å². The summed E-state index contributed by atoms with van der Waals surface area (Å²) in [6, 6.07) is 10.5. The number of hydrogen-bond donors (Lipinski definition) is 0. The molecule has 0 N–H and O–H groups in total. The van der Waals surface area contributed by atoms with Crippen molar-refractivity contribution >= 4 is 19.6 Å². The van der Waals surface area contributed by atoms with Gasteiger partial charge in [-0.2, -0.15) is 0 Å². The van der Waals surface area contributed by atoms with E-state index >= 15 is 0 Å². The van der Waals surface area contributed by atoms with Gasteiger partial charge in [0.1, 0.15) is 0 Å². The fourth-order valence-electron chi connectivity index (χ4n) is 1.70. The Balaban J connectivity index is 2.02. The Morgan fingerprint density at radius 1 is 1.25 bits per heavy atom. The summed E-state index contributed by atoms with van der Waals surface area (Å²) in [6.07, 6.45) is 4.80. The van der Waals surface area contributed by atoms with E-state index < -0.39 is 0 Å². The molecule has 16 heavy (non-hydrogen) atoms. The van der Waals surface area contributed by atoms with Gasteiger partial charge in [0.25, 0.3) is 0 Å². The van der Waals surface area contributed by atoms with Gasteiger partial charge in [-0.05, 0) is 0 Å². The molecule has 0 spiro atoms. The second-order valence-electron chi connectivity index (χ2n) is 3.89. The third-order valence-corrected chi connectivity index (χ3v) is 4.71. The Morgan fingerprint density at radius 3 is 2.81 bits per heavy atom. The van der Waals surface area contributed by atoms with E-state index in [2.05, 4.69) is 43.3 Å². The number of benzene rings is 1. The molecule has 84 valence electrons. The summed E-state index contributed by atoms with van der Waals surface area (Å²) >= 11 is 0.605. The summed E-state index contributed by atoms with van der Waals surface area (Å²) in [5.74, 6) is 0. The van der Waals surface area contributed by atoms with Crippen molar-refractivity contribution in [2.24, 2.45) is 4.99 Å². The van der Waals surface area contributed by atoms with Gasteiger partial charge in [0, 0.05) is 0 Å². The van der Waals surface area contributed by atoms with E-state index in [1.165, 1.54) is 28.3 Å². The van der Waals surface area contributed by atoms with E-state index in [1.807, 2.05) is 0 Å². The summed E-state index contributed by atoms with van der Waals surface area (Å²) < 4.78 is 1.35. The Kier molecular flexibility index (Phi) is 4.38. The van der Waals surface area contributed by atoms with Crippen LogP contribution >= 0.6 is 0 Å². The fourth-order valence-corrected chi connectivity index (χ4v) is 3.75. The molecular formula is C14H17NSe. The van der Waals surface area contributed by atoms with Crippen molar-refractivity contribution < 1.29 is 0 Å². The average molecular weight is 278 g/mol. The first-order valence-corrected chi connectivity index (χ1v) is 7.86. The third-order valence-electron chi connectivity index (χ3n) is 2.72. The Morgan fingerprint density at radius 2 is 2.06 bits per heavy atom. The molecule has 0 unspecified atom stereocenters. The number of allylic oxidation sites excluding steroid dienone is 2. The van der Waals surface area contributed by atoms with Crippen LogP contribution in [-0.2, 0) is 6.54 Å². The SMILES string of the molecule is CCC1=CC(=NCc2ccccc2)[Se]CC1. The van der Waals surface area contributed by atoms with Crippen molar-refractivity contribution in [3.05, 3.63) is 47.5 Å². The molecule has 0 fully saturated rings. The second kappa shape index (κ2) is 6.03. The molecule has 0 saturated heterocycles. The molecular weight excluding hydrogens is 261 g/mol. The van der Waals surface area contributed by atoms with Gasteiger partial charge >= 0.3 is 104 Å². The first-order valence-electron chi connectivity index (χ1n) is 5.79. The first-order chi connectivity index (χ1) is 7.88. The molecule has 0 atom stereocenters. The Labute approximate surface area is 104 Å². The Bertz CT molecular complexity index is 392. The normalized spacial score (nSPS) is 18.6. The minimum atomic E-state index is 0.605. The molecule has 0 radical (unpaired) electrons. The standard InChI is InChI=1S/C14H17NSe/c1-2-12-8-9-16-14(10-12)15-11-13-6-4-3-5-7-13/h3-7,10H,2,8-9,11H2,1H3. The first kappa shape index (κ1) is 11.6. The molecule has 0 bridgehead atoms. The summed E-state index contributed by atoms with van der Waals surface area (Å²) in [6.45, 7) is 3.07. The van der Waals surface area contributed by atoms with Gasteiger partial charge in [-0.1, -0.05) is 0 Å². The average Bonchev–Trinajstić information content (AvgIpc) is 2.38. The Hall–Kier alpha value is -0.851. The zero-order valence-corrected chi connectivity index (χ0v) is 11.4. The molecule has 2 heteroatoms. The quantitative estimate of drug-likeness (QED) is 0.751. The van der Waals surface area contributed by atoms with E-state index in [0.717, 1.165) is 6.54 Å². The van der Waals surface area contributed by atoms with Crippen LogP contribution in [0, 0.1) is 0 Å². The van der Waals surface area contributed by atoms with Crippen LogP contribution < -0.4 is 0 Å². The van der Waals surface area contributed by atoms with E-state index in [1.54, 1.807) is 5.57 Å². The molecule has 0 amide bonds. The van der Waals surface area contributed by atoms with Gasteiger partial charge in [-0.3, -0.25) is 0 Å². The fraction of sp³-hybridized carbons (Fsp3) is 0.357. The summed E-state index contributed by atoms with van der Waals surface area (Å²) in [4.78, 5) is 4.72. The molecule has 1 aliphatic heterocycles. The summed E-state index contributed by atoms with van der Waals surface area (Å²) in [7, 11) is 0. The maximum absolute atomic E-state index is 4.72. The molecule has 1 nitrogen and oxygen atoms in total. The van der Waals surface area contributed by atoms with E-state index in [-0.39, 0.29) is 0 Å².